The minimum absolute atomic E-state index is 0.0132. The predicted octanol–water partition coefficient (Wildman–Crippen LogP) is 8.39. The molecule has 5 N–H and O–H groups in total. The molecule has 8 nitrogen and oxygen atoms in total. The SMILES string of the molecule is CCCCCCCCCC=CCCCN(CC(O)C[C@@H]1O[C@H](CO)[C@@H](O)[C@H](O)[C@H]1O)C(=O)CC(CCC)CCCCCCCCCCCCC. The van der Waals surface area contributed by atoms with Crippen molar-refractivity contribution in [2.75, 3.05) is 19.7 Å². The van der Waals surface area contributed by atoms with Gasteiger partial charge in [-0.25, -0.2) is 0 Å². The van der Waals surface area contributed by atoms with Gasteiger partial charge in [0.05, 0.1) is 18.8 Å². The highest BCUT2D eigenvalue weighted by Crippen LogP contribution is 2.26. The van der Waals surface area contributed by atoms with Crippen LogP contribution in [0, 0.1) is 5.92 Å². The molecule has 296 valence electrons. The summed E-state index contributed by atoms with van der Waals surface area (Å²) in [6.45, 7) is 6.84. The molecule has 50 heavy (non-hydrogen) atoms. The zero-order valence-electron chi connectivity index (χ0n) is 32.7. The lowest BCUT2D eigenvalue weighted by molar-refractivity contribution is -0.234. The fourth-order valence-electron chi connectivity index (χ4n) is 7.37. The molecule has 0 bridgehead atoms. The number of unbranched alkanes of at least 4 members (excludes halogenated alkanes) is 18. The molecule has 1 saturated heterocycles. The summed E-state index contributed by atoms with van der Waals surface area (Å²) in [5.41, 5.74) is 0. The van der Waals surface area contributed by atoms with Gasteiger partial charge in [0.1, 0.15) is 24.4 Å². The van der Waals surface area contributed by atoms with E-state index in [1.807, 2.05) is 0 Å². The zero-order valence-corrected chi connectivity index (χ0v) is 32.7. The van der Waals surface area contributed by atoms with Crippen molar-refractivity contribution < 1.29 is 35.1 Å². The molecule has 1 aliphatic heterocycles. The first kappa shape index (κ1) is 47.0. The van der Waals surface area contributed by atoms with Crippen LogP contribution in [-0.4, -0.2) is 92.7 Å². The van der Waals surface area contributed by atoms with Crippen molar-refractivity contribution in [2.45, 2.75) is 224 Å². The van der Waals surface area contributed by atoms with Crippen LogP contribution in [-0.2, 0) is 9.53 Å². The van der Waals surface area contributed by atoms with E-state index < -0.39 is 43.2 Å². The van der Waals surface area contributed by atoms with Crippen LogP contribution < -0.4 is 0 Å². The fourth-order valence-corrected chi connectivity index (χ4v) is 7.37. The summed E-state index contributed by atoms with van der Waals surface area (Å²) >= 11 is 0. The molecule has 0 aromatic heterocycles. The summed E-state index contributed by atoms with van der Waals surface area (Å²) in [7, 11) is 0. The highest BCUT2D eigenvalue weighted by Gasteiger charge is 2.44. The van der Waals surface area contributed by atoms with E-state index in [4.69, 9.17) is 4.74 Å². The Balaban J connectivity index is 2.64. The van der Waals surface area contributed by atoms with Crippen LogP contribution in [0.2, 0.25) is 0 Å². The molecule has 8 heteroatoms. The van der Waals surface area contributed by atoms with Crippen LogP contribution in [0.4, 0.5) is 0 Å². The minimum Gasteiger partial charge on any atom is -0.394 e. The van der Waals surface area contributed by atoms with Gasteiger partial charge in [-0.1, -0.05) is 155 Å². The van der Waals surface area contributed by atoms with Gasteiger partial charge in [-0.05, 0) is 38.0 Å². The van der Waals surface area contributed by atoms with Crippen LogP contribution in [0.25, 0.3) is 0 Å². The second-order valence-corrected chi connectivity index (χ2v) is 15.3. The predicted molar refractivity (Wildman–Crippen MR) is 206 cm³/mol. The number of nitrogens with zero attached hydrogens (tertiary/aromatic N) is 1. The molecular formula is C42H81NO7. The number of allylic oxidation sites excluding steroid dienone is 2. The summed E-state index contributed by atoms with van der Waals surface area (Å²) in [5, 5.41) is 51.5. The van der Waals surface area contributed by atoms with Crippen molar-refractivity contribution in [1.29, 1.82) is 0 Å². The molecule has 1 fully saturated rings. The number of carbonyl (C=O) groups is 1. The van der Waals surface area contributed by atoms with Crippen LogP contribution >= 0.6 is 0 Å². The van der Waals surface area contributed by atoms with E-state index in [1.54, 1.807) is 4.90 Å². The van der Waals surface area contributed by atoms with Crippen molar-refractivity contribution in [2.24, 2.45) is 5.92 Å². The quantitative estimate of drug-likeness (QED) is 0.0341. The minimum atomic E-state index is -1.48. The Morgan fingerprint density at radius 2 is 1.14 bits per heavy atom. The summed E-state index contributed by atoms with van der Waals surface area (Å²) in [4.78, 5) is 15.5. The summed E-state index contributed by atoms with van der Waals surface area (Å²) in [6.07, 6.45) is 27.1. The number of ether oxygens (including phenoxy) is 1. The first-order valence-electron chi connectivity index (χ1n) is 21.2. The maximum absolute atomic E-state index is 13.8. The maximum atomic E-state index is 13.8. The van der Waals surface area contributed by atoms with Crippen molar-refractivity contribution in [3.63, 3.8) is 0 Å². The number of amides is 1. The Morgan fingerprint density at radius 3 is 1.68 bits per heavy atom. The Morgan fingerprint density at radius 1 is 0.640 bits per heavy atom. The lowest BCUT2D eigenvalue weighted by atomic mass is 9.91. The Labute approximate surface area is 307 Å². The highest BCUT2D eigenvalue weighted by molar-refractivity contribution is 5.76. The summed E-state index contributed by atoms with van der Waals surface area (Å²) in [6, 6.07) is 0. The van der Waals surface area contributed by atoms with Crippen LogP contribution in [0.3, 0.4) is 0 Å². The van der Waals surface area contributed by atoms with E-state index in [0.29, 0.717) is 18.9 Å². The van der Waals surface area contributed by atoms with Gasteiger partial charge in [-0.15, -0.1) is 0 Å². The average Bonchev–Trinajstić information content (AvgIpc) is 3.10. The van der Waals surface area contributed by atoms with Crippen molar-refractivity contribution in [1.82, 2.24) is 4.90 Å². The van der Waals surface area contributed by atoms with Gasteiger partial charge in [0, 0.05) is 25.9 Å². The molecule has 7 atom stereocenters. The van der Waals surface area contributed by atoms with Crippen LogP contribution in [0.5, 0.6) is 0 Å². The highest BCUT2D eigenvalue weighted by atomic mass is 16.5. The lowest BCUT2D eigenvalue weighted by Crippen LogP contribution is -2.59. The van der Waals surface area contributed by atoms with Gasteiger partial charge in [0.2, 0.25) is 5.91 Å². The van der Waals surface area contributed by atoms with E-state index in [-0.39, 0.29) is 18.9 Å². The fraction of sp³-hybridized carbons (Fsp3) is 0.929. The largest absolute Gasteiger partial charge is 0.394 e. The molecule has 0 aromatic carbocycles. The molecule has 0 radical (unpaired) electrons. The number of hydrogen-bond acceptors (Lipinski definition) is 7. The first-order valence-corrected chi connectivity index (χ1v) is 21.2. The van der Waals surface area contributed by atoms with Gasteiger partial charge in [0.15, 0.2) is 0 Å². The molecule has 2 unspecified atom stereocenters. The normalized spacial score (nSPS) is 22.3. The maximum Gasteiger partial charge on any atom is 0.222 e. The Kier molecular flexibility index (Phi) is 29.6. The molecule has 0 saturated carbocycles. The third-order valence-corrected chi connectivity index (χ3v) is 10.6. The standard InChI is InChI=1S/C42H81NO7/c1-4-7-9-11-13-15-17-19-21-23-25-27-30-43(33-36(45)32-37-40(47)42(49)41(48)38(34-44)50-37)39(46)31-35(28-6-3)29-26-24-22-20-18-16-14-12-10-8-5-2/h21,23,35-38,40-42,44-45,47-49H,4-20,22,24-34H2,1-3H3/t35?,36?,37-,38+,40-,41+,42+/m0/s1. The zero-order chi connectivity index (χ0) is 36.8. The Bertz CT molecular complexity index is 809. The van der Waals surface area contributed by atoms with Gasteiger partial charge < -0.3 is 35.2 Å². The molecule has 0 aromatic rings. The number of hydrogen-bond donors (Lipinski definition) is 5. The molecular weight excluding hydrogens is 630 g/mol. The average molecular weight is 712 g/mol. The van der Waals surface area contributed by atoms with Gasteiger partial charge in [-0.2, -0.15) is 0 Å². The van der Waals surface area contributed by atoms with Crippen LogP contribution in [0.15, 0.2) is 12.2 Å². The Hall–Kier alpha value is -1.03. The molecule has 1 amide bonds. The molecule has 0 aliphatic carbocycles. The van der Waals surface area contributed by atoms with Crippen molar-refractivity contribution >= 4 is 5.91 Å². The molecule has 1 rings (SSSR count). The summed E-state index contributed by atoms with van der Waals surface area (Å²) < 4.78 is 5.64. The summed E-state index contributed by atoms with van der Waals surface area (Å²) in [5.74, 6) is 0.393. The van der Waals surface area contributed by atoms with Gasteiger partial charge >= 0.3 is 0 Å². The van der Waals surface area contributed by atoms with E-state index in [1.165, 1.54) is 109 Å². The monoisotopic (exact) mass is 712 g/mol. The first-order chi connectivity index (χ1) is 24.3. The van der Waals surface area contributed by atoms with E-state index >= 15 is 0 Å². The van der Waals surface area contributed by atoms with Gasteiger partial charge in [0.25, 0.3) is 0 Å². The van der Waals surface area contributed by atoms with Crippen molar-refractivity contribution in [3.8, 4) is 0 Å². The van der Waals surface area contributed by atoms with Crippen molar-refractivity contribution in [3.05, 3.63) is 12.2 Å². The molecule has 1 aliphatic rings. The van der Waals surface area contributed by atoms with E-state index in [9.17, 15) is 30.3 Å². The smallest absolute Gasteiger partial charge is 0.222 e. The molecule has 0 spiro atoms. The number of aliphatic hydroxyl groups is 5. The second kappa shape index (κ2) is 31.5. The number of aliphatic hydroxyl groups excluding tert-OH is 5. The topological polar surface area (TPSA) is 131 Å². The van der Waals surface area contributed by atoms with E-state index in [2.05, 4.69) is 32.9 Å². The third-order valence-electron chi connectivity index (χ3n) is 10.6. The lowest BCUT2D eigenvalue weighted by Gasteiger charge is -2.41. The van der Waals surface area contributed by atoms with E-state index in [0.717, 1.165) is 44.9 Å². The molecule has 1 heterocycles. The van der Waals surface area contributed by atoms with Gasteiger partial charge in [-0.3, -0.25) is 4.79 Å². The third kappa shape index (κ3) is 22.1. The number of rotatable bonds is 33. The van der Waals surface area contributed by atoms with Crippen LogP contribution in [0.1, 0.15) is 188 Å². The second-order valence-electron chi connectivity index (χ2n) is 15.3. The number of carbonyl (C=O) groups excluding carboxylic acids is 1.